The van der Waals surface area contributed by atoms with E-state index in [0.717, 1.165) is 92.7 Å². The number of pyridine rings is 1. The van der Waals surface area contributed by atoms with Crippen LogP contribution in [0.1, 0.15) is 115 Å². The highest BCUT2D eigenvalue weighted by atomic mass is 32.1. The fraction of sp³-hybridized carbons (Fsp3) is 0.508. The van der Waals surface area contributed by atoms with Crippen LogP contribution in [0.5, 0.6) is 11.8 Å². The number of terminal acetylenes is 1. The second kappa shape index (κ2) is 21.7. The van der Waals surface area contributed by atoms with Crippen molar-refractivity contribution in [2.24, 2.45) is 22.2 Å². The molecule has 2 unspecified atom stereocenters. The van der Waals surface area contributed by atoms with Gasteiger partial charge in [-0.15, -0.1) is 17.8 Å². The van der Waals surface area contributed by atoms with Crippen LogP contribution in [0.15, 0.2) is 60.2 Å². The average molecular weight is 1140 g/mol. The maximum absolute atomic E-state index is 17.2. The maximum atomic E-state index is 17.2. The van der Waals surface area contributed by atoms with Crippen LogP contribution in [0.2, 0.25) is 0 Å². The van der Waals surface area contributed by atoms with E-state index in [2.05, 4.69) is 41.6 Å². The van der Waals surface area contributed by atoms with Crippen LogP contribution >= 0.6 is 11.3 Å². The Bertz CT molecular complexity index is 3500. The summed E-state index contributed by atoms with van der Waals surface area (Å²) in [6.45, 7) is 14.0. The van der Waals surface area contributed by atoms with E-state index in [1.54, 1.807) is 17.5 Å². The molecular weight excluding hydrogens is 1060 g/mol. The number of aliphatic hydroxyl groups excluding tert-OH is 1. The summed E-state index contributed by atoms with van der Waals surface area (Å²) in [7, 11) is 0. The van der Waals surface area contributed by atoms with Crippen LogP contribution in [-0.2, 0) is 14.4 Å². The molecule has 6 aliphatic rings. The molecule has 6 aromatic rings. The van der Waals surface area contributed by atoms with Gasteiger partial charge < -0.3 is 45.6 Å². The van der Waals surface area contributed by atoms with Gasteiger partial charge in [-0.3, -0.25) is 19.4 Å². The molecule has 430 valence electrons. The topological polar surface area (TPSA) is 198 Å². The molecule has 3 amide bonds. The Morgan fingerprint density at radius 1 is 0.976 bits per heavy atom. The molecule has 6 atom stereocenters. The molecular formula is C63H72F2N10O6S. The molecule has 2 aliphatic carbocycles. The number of anilines is 1. The lowest BCUT2D eigenvalue weighted by Crippen LogP contribution is -2.58. The third kappa shape index (κ3) is 11.0. The minimum atomic E-state index is -0.895. The molecule has 4 aliphatic heterocycles. The number of fused-ring (bicyclic) bond motifs is 4. The van der Waals surface area contributed by atoms with Gasteiger partial charge in [-0.25, -0.2) is 13.8 Å². The number of rotatable bonds is 15. The molecule has 1 spiro atoms. The first-order valence-electron chi connectivity index (χ1n) is 29.0. The van der Waals surface area contributed by atoms with Crippen LogP contribution in [0.4, 0.5) is 14.6 Å². The number of thiazole rings is 1. The van der Waals surface area contributed by atoms with Crippen molar-refractivity contribution in [3.8, 4) is 45.8 Å². The fourth-order valence-corrected chi connectivity index (χ4v) is 14.7. The number of amides is 3. The van der Waals surface area contributed by atoms with Gasteiger partial charge in [0, 0.05) is 73.7 Å². The van der Waals surface area contributed by atoms with E-state index >= 15 is 8.78 Å². The zero-order valence-electron chi connectivity index (χ0n) is 47.2. The van der Waals surface area contributed by atoms with Gasteiger partial charge in [-0.2, -0.15) is 9.97 Å². The highest BCUT2D eigenvalue weighted by molar-refractivity contribution is 7.13. The van der Waals surface area contributed by atoms with E-state index in [0.29, 0.717) is 42.7 Å². The summed E-state index contributed by atoms with van der Waals surface area (Å²) >= 11 is 1.58. The van der Waals surface area contributed by atoms with Crippen molar-refractivity contribution in [2.45, 2.75) is 135 Å². The van der Waals surface area contributed by atoms with E-state index < -0.39 is 35.2 Å². The number of aliphatic hydroxyl groups is 1. The second-order valence-corrected chi connectivity index (χ2v) is 26.5. The number of phenolic OH excluding ortho intramolecular Hbond substituents is 1. The summed E-state index contributed by atoms with van der Waals surface area (Å²) in [5.41, 5.74) is 4.13. The summed E-state index contributed by atoms with van der Waals surface area (Å²) in [6.07, 6.45) is 14.8. The standard InChI is InChI=1S/C63H72F2N10O6S/c1-7-45-48(64)15-12-40-23-43(76)24-46(51(40)45)53-52(65)54-47(28-66-53)57(74-29-41-13-14-42(30-74)69-41)72-60(71-54)81-33-63(16-17-63)32-73-20-18-62(19-21-73)26-37(27-62)22-50(78)70-56(61(4,5)6)59(80)75-31-44(77)25-49(75)58(79)68-35(2)38-8-10-39(11-9-38)55-36(3)67-34-82-55/h1,8-12,15,23-24,28,34-35,37,41-42,44,49,56,69,76-77H,13-14,16-22,25-27,29-33H2,2-6H3,(H,68,79)(H,70,78)/t35-,41?,42?,44+,49-,56+/m0/s1. The van der Waals surface area contributed by atoms with Crippen molar-refractivity contribution in [1.29, 1.82) is 0 Å². The van der Waals surface area contributed by atoms with Gasteiger partial charge in [0.2, 0.25) is 17.7 Å². The van der Waals surface area contributed by atoms with Gasteiger partial charge in [0.05, 0.1) is 45.8 Å². The number of β-amino-alcohol motifs (C(OH)–C–C–N with tert-alkyl or cyclic N) is 1. The van der Waals surface area contributed by atoms with Gasteiger partial charge in [0.15, 0.2) is 5.82 Å². The number of halogens is 2. The molecule has 2 bridgehead atoms. The number of carbonyl (C=O) groups is 3. The number of aromatic nitrogens is 4. The quantitative estimate of drug-likeness (QED) is 0.0614. The van der Waals surface area contributed by atoms with Crippen LogP contribution < -0.4 is 25.6 Å². The molecule has 4 saturated heterocycles. The number of carbonyl (C=O) groups excluding carboxylic acids is 3. The first-order valence-corrected chi connectivity index (χ1v) is 29.9. The SMILES string of the molecule is C#Cc1c(F)ccc2cc(O)cc(-c3ncc4c(N5CC6CCC(C5)N6)nc(OCC5(CN6CCC7(CC6)CC(CC(=O)N[C@H](C(=O)N6C[C@H](O)C[C@H]6C(=O)N[C@@H](C)c6ccc(-c8scnc8C)cc6)C(C)(C)C)C7)CC5)nc4c3F)c12. The third-order valence-corrected chi connectivity index (χ3v) is 19.5. The number of aryl methyl sites for hydroxylation is 1. The first kappa shape index (κ1) is 55.7. The van der Waals surface area contributed by atoms with Crippen LogP contribution in [-0.4, -0.2) is 134 Å². The summed E-state index contributed by atoms with van der Waals surface area (Å²) in [5, 5.41) is 32.5. The lowest BCUT2D eigenvalue weighted by Gasteiger charge is -2.52. The third-order valence-electron chi connectivity index (χ3n) is 18.5. The van der Waals surface area contributed by atoms with Crippen LogP contribution in [0.25, 0.3) is 43.4 Å². The summed E-state index contributed by atoms with van der Waals surface area (Å²) in [4.78, 5) is 68.0. The Balaban J connectivity index is 0.659. The minimum absolute atomic E-state index is 0.00699. The Morgan fingerprint density at radius 3 is 2.38 bits per heavy atom. The van der Waals surface area contributed by atoms with Crippen molar-refractivity contribution in [1.82, 2.24) is 45.7 Å². The summed E-state index contributed by atoms with van der Waals surface area (Å²) < 4.78 is 38.8. The summed E-state index contributed by atoms with van der Waals surface area (Å²) in [5.74, 6) is 0.706. The van der Waals surface area contributed by atoms with Gasteiger partial charge in [0.25, 0.3) is 0 Å². The Labute approximate surface area is 480 Å². The molecule has 6 fully saturated rings. The highest BCUT2D eigenvalue weighted by Crippen LogP contribution is 2.55. The van der Waals surface area contributed by atoms with Gasteiger partial charge in [-0.05, 0) is 130 Å². The molecule has 5 N–H and O–H groups in total. The molecule has 0 radical (unpaired) electrons. The number of piperazine rings is 1. The van der Waals surface area contributed by atoms with Crippen LogP contribution in [0, 0.1) is 53.1 Å². The van der Waals surface area contributed by atoms with E-state index in [-0.39, 0.29) is 105 Å². The molecule has 3 aromatic carbocycles. The Hall–Kier alpha value is -6.85. The van der Waals surface area contributed by atoms with Gasteiger partial charge in [-0.1, -0.05) is 57.0 Å². The largest absolute Gasteiger partial charge is 0.508 e. The van der Waals surface area contributed by atoms with Crippen molar-refractivity contribution in [3.05, 3.63) is 88.7 Å². The van der Waals surface area contributed by atoms with Crippen LogP contribution in [0.3, 0.4) is 0 Å². The number of piperidine rings is 1. The van der Waals surface area contributed by atoms with Crippen molar-refractivity contribution in [3.63, 3.8) is 0 Å². The first-order chi connectivity index (χ1) is 39.2. The highest BCUT2D eigenvalue weighted by Gasteiger charge is 2.51. The fourth-order valence-electron chi connectivity index (χ4n) is 13.9. The van der Waals surface area contributed by atoms with E-state index in [4.69, 9.17) is 21.1 Å². The maximum Gasteiger partial charge on any atom is 0.319 e. The number of nitrogens with zero attached hydrogens (tertiary/aromatic N) is 7. The van der Waals surface area contributed by atoms with Gasteiger partial charge in [0.1, 0.15) is 40.7 Å². The molecule has 7 heterocycles. The molecule has 16 nitrogen and oxygen atoms in total. The predicted molar refractivity (Wildman–Crippen MR) is 311 cm³/mol. The number of hydrogen-bond donors (Lipinski definition) is 5. The van der Waals surface area contributed by atoms with Crippen molar-refractivity contribution in [2.75, 3.05) is 50.8 Å². The normalized spacial score (nSPS) is 22.9. The lowest BCUT2D eigenvalue weighted by atomic mass is 9.56. The smallest absolute Gasteiger partial charge is 0.319 e. The number of nitrogens with one attached hydrogen (secondary N) is 3. The van der Waals surface area contributed by atoms with E-state index in [1.165, 1.54) is 29.2 Å². The zero-order chi connectivity index (χ0) is 57.4. The number of phenols is 1. The Morgan fingerprint density at radius 2 is 1.71 bits per heavy atom. The lowest BCUT2D eigenvalue weighted by molar-refractivity contribution is -0.144. The summed E-state index contributed by atoms with van der Waals surface area (Å²) in [6, 6.07) is 12.0. The number of ether oxygens (including phenoxy) is 1. The monoisotopic (exact) mass is 1130 g/mol. The second-order valence-electron chi connectivity index (χ2n) is 25.6. The van der Waals surface area contributed by atoms with E-state index in [9.17, 15) is 24.6 Å². The zero-order valence-corrected chi connectivity index (χ0v) is 48.1. The van der Waals surface area contributed by atoms with Crippen molar-refractivity contribution >= 4 is 56.6 Å². The molecule has 12 rings (SSSR count). The predicted octanol–water partition coefficient (Wildman–Crippen LogP) is 8.59. The number of benzene rings is 3. The van der Waals surface area contributed by atoms with Crippen molar-refractivity contribution < 1.29 is 38.1 Å². The number of hydrogen-bond acceptors (Lipinski definition) is 14. The number of likely N-dealkylation sites (tertiary alicyclic amines) is 2. The average Bonchev–Trinajstić information content (AvgIpc) is 3.83. The number of aromatic hydroxyl groups is 1. The molecule has 82 heavy (non-hydrogen) atoms. The molecule has 3 aromatic heterocycles. The van der Waals surface area contributed by atoms with E-state index in [1.807, 2.05) is 64.4 Å². The molecule has 2 saturated carbocycles. The van der Waals surface area contributed by atoms with Gasteiger partial charge >= 0.3 is 6.01 Å². The Kier molecular flexibility index (Phi) is 14.7. The minimum Gasteiger partial charge on any atom is -0.508 e. The molecule has 19 heteroatoms.